The maximum absolute atomic E-state index is 13.0. The standard InChI is InChI=1S/C21H24FN5O/c1-27(21(28)24-18-10-4-15(14-23)5-11-18)12-2-3-19-13-20(26-25-19)16-6-8-17(22)9-7-16/h4-11,19-20,25-26H,2-3,12-13H2,1H3,(H,24,28). The molecular weight excluding hydrogens is 357 g/mol. The van der Waals surface area contributed by atoms with Crippen LogP contribution in [-0.4, -0.2) is 30.6 Å². The number of halogens is 1. The summed E-state index contributed by atoms with van der Waals surface area (Å²) in [5, 5.41) is 11.6. The van der Waals surface area contributed by atoms with Crippen LogP contribution >= 0.6 is 0 Å². The summed E-state index contributed by atoms with van der Waals surface area (Å²) in [6.45, 7) is 0.640. The highest BCUT2D eigenvalue weighted by atomic mass is 19.1. The normalized spacial score (nSPS) is 18.5. The van der Waals surface area contributed by atoms with E-state index in [1.54, 1.807) is 48.3 Å². The van der Waals surface area contributed by atoms with Crippen LogP contribution in [0.4, 0.5) is 14.9 Å². The van der Waals surface area contributed by atoms with Gasteiger partial charge in [0.05, 0.1) is 11.6 Å². The molecule has 1 aliphatic heterocycles. The molecule has 28 heavy (non-hydrogen) atoms. The Balaban J connectivity index is 1.39. The Morgan fingerprint density at radius 2 is 1.93 bits per heavy atom. The number of hydrogen-bond acceptors (Lipinski definition) is 4. The van der Waals surface area contributed by atoms with Gasteiger partial charge in [0.25, 0.3) is 0 Å². The predicted molar refractivity (Wildman–Crippen MR) is 106 cm³/mol. The van der Waals surface area contributed by atoms with Crippen LogP contribution in [0.5, 0.6) is 0 Å². The van der Waals surface area contributed by atoms with Crippen LogP contribution < -0.4 is 16.2 Å². The fourth-order valence-electron chi connectivity index (χ4n) is 3.25. The fourth-order valence-corrected chi connectivity index (χ4v) is 3.25. The van der Waals surface area contributed by atoms with Crippen LogP contribution in [0.1, 0.15) is 36.4 Å². The van der Waals surface area contributed by atoms with Gasteiger partial charge in [-0.15, -0.1) is 0 Å². The molecule has 0 spiro atoms. The SMILES string of the molecule is CN(CCCC1CC(c2ccc(F)cc2)NN1)C(=O)Nc1ccc(C#N)cc1. The molecule has 2 atom stereocenters. The van der Waals surface area contributed by atoms with E-state index in [-0.39, 0.29) is 17.9 Å². The highest BCUT2D eigenvalue weighted by molar-refractivity contribution is 5.89. The molecule has 3 rings (SSSR count). The van der Waals surface area contributed by atoms with Crippen LogP contribution in [0.15, 0.2) is 48.5 Å². The van der Waals surface area contributed by atoms with Gasteiger partial charge in [-0.25, -0.2) is 9.18 Å². The minimum Gasteiger partial charge on any atom is -0.328 e. The van der Waals surface area contributed by atoms with Crippen molar-refractivity contribution >= 4 is 11.7 Å². The Morgan fingerprint density at radius 1 is 1.21 bits per heavy atom. The van der Waals surface area contributed by atoms with Gasteiger partial charge in [-0.3, -0.25) is 10.9 Å². The van der Waals surface area contributed by atoms with Crippen LogP contribution in [-0.2, 0) is 0 Å². The third-order valence-electron chi connectivity index (χ3n) is 4.91. The van der Waals surface area contributed by atoms with Crippen molar-refractivity contribution in [1.82, 2.24) is 15.8 Å². The van der Waals surface area contributed by atoms with E-state index in [9.17, 15) is 9.18 Å². The number of carbonyl (C=O) groups excluding carboxylic acids is 1. The second-order valence-electron chi connectivity index (χ2n) is 7.01. The lowest BCUT2D eigenvalue weighted by Gasteiger charge is -2.19. The zero-order valence-corrected chi connectivity index (χ0v) is 15.8. The lowest BCUT2D eigenvalue weighted by molar-refractivity contribution is 0.221. The Morgan fingerprint density at radius 3 is 2.61 bits per heavy atom. The maximum atomic E-state index is 13.0. The van der Waals surface area contributed by atoms with Gasteiger partial charge in [0.1, 0.15) is 5.82 Å². The zero-order valence-electron chi connectivity index (χ0n) is 15.8. The summed E-state index contributed by atoms with van der Waals surface area (Å²) < 4.78 is 13.0. The lowest BCUT2D eigenvalue weighted by atomic mass is 10.00. The molecule has 0 radical (unpaired) electrons. The van der Waals surface area contributed by atoms with Gasteiger partial charge in [-0.1, -0.05) is 12.1 Å². The molecule has 3 N–H and O–H groups in total. The highest BCUT2D eigenvalue weighted by Crippen LogP contribution is 2.24. The molecule has 0 saturated carbocycles. The number of nitrogens with zero attached hydrogens (tertiary/aromatic N) is 2. The number of amides is 2. The smallest absolute Gasteiger partial charge is 0.321 e. The summed E-state index contributed by atoms with van der Waals surface area (Å²) in [5.41, 5.74) is 8.83. The average molecular weight is 381 g/mol. The number of hydrazine groups is 1. The van der Waals surface area contributed by atoms with Gasteiger partial charge in [0, 0.05) is 31.4 Å². The number of anilines is 1. The van der Waals surface area contributed by atoms with Crippen LogP contribution in [0, 0.1) is 17.1 Å². The molecule has 2 aromatic carbocycles. The maximum Gasteiger partial charge on any atom is 0.321 e. The minimum absolute atomic E-state index is 0.169. The average Bonchev–Trinajstić information content (AvgIpc) is 3.18. The van der Waals surface area contributed by atoms with Crippen molar-refractivity contribution in [3.8, 4) is 6.07 Å². The van der Waals surface area contributed by atoms with Gasteiger partial charge in [-0.2, -0.15) is 5.26 Å². The van der Waals surface area contributed by atoms with Crippen LogP contribution in [0.3, 0.4) is 0 Å². The van der Waals surface area contributed by atoms with E-state index in [0.29, 0.717) is 23.8 Å². The monoisotopic (exact) mass is 381 g/mol. The Hall–Kier alpha value is -2.95. The number of carbonyl (C=O) groups is 1. The van der Waals surface area contributed by atoms with Crippen molar-refractivity contribution in [1.29, 1.82) is 5.26 Å². The van der Waals surface area contributed by atoms with E-state index in [4.69, 9.17) is 5.26 Å². The first-order valence-corrected chi connectivity index (χ1v) is 9.34. The Labute approximate surface area is 164 Å². The van der Waals surface area contributed by atoms with Gasteiger partial charge in [0.15, 0.2) is 0 Å². The van der Waals surface area contributed by atoms with Crippen LogP contribution in [0.25, 0.3) is 0 Å². The largest absolute Gasteiger partial charge is 0.328 e. The zero-order chi connectivity index (χ0) is 19.9. The van der Waals surface area contributed by atoms with Crippen molar-refractivity contribution in [2.45, 2.75) is 31.3 Å². The van der Waals surface area contributed by atoms with E-state index in [1.165, 1.54) is 12.1 Å². The van der Waals surface area contributed by atoms with Crippen molar-refractivity contribution in [3.05, 3.63) is 65.5 Å². The molecule has 2 aromatic rings. The van der Waals surface area contributed by atoms with Crippen molar-refractivity contribution < 1.29 is 9.18 Å². The minimum atomic E-state index is -0.228. The predicted octanol–water partition coefficient (Wildman–Crippen LogP) is 3.55. The molecule has 1 fully saturated rings. The fraction of sp³-hybridized carbons (Fsp3) is 0.333. The van der Waals surface area contributed by atoms with E-state index >= 15 is 0 Å². The second kappa shape index (κ2) is 9.31. The van der Waals surface area contributed by atoms with Crippen LogP contribution in [0.2, 0.25) is 0 Å². The van der Waals surface area contributed by atoms with E-state index in [1.807, 2.05) is 6.07 Å². The molecule has 0 bridgehead atoms. The van der Waals surface area contributed by atoms with Crippen molar-refractivity contribution in [3.63, 3.8) is 0 Å². The van der Waals surface area contributed by atoms with Gasteiger partial charge in [0.2, 0.25) is 0 Å². The number of hydrogen-bond donors (Lipinski definition) is 3. The van der Waals surface area contributed by atoms with Gasteiger partial charge < -0.3 is 10.2 Å². The first-order chi connectivity index (χ1) is 13.5. The quantitative estimate of drug-likeness (QED) is 0.715. The number of urea groups is 1. The number of nitriles is 1. The van der Waals surface area contributed by atoms with E-state index in [0.717, 1.165) is 24.8 Å². The first-order valence-electron chi connectivity index (χ1n) is 9.34. The lowest BCUT2D eigenvalue weighted by Crippen LogP contribution is -2.34. The molecule has 1 heterocycles. The number of nitrogens with one attached hydrogen (secondary N) is 3. The summed E-state index contributed by atoms with van der Waals surface area (Å²) in [6.07, 6.45) is 2.72. The first kappa shape index (κ1) is 19.8. The third-order valence-corrected chi connectivity index (χ3v) is 4.91. The summed E-state index contributed by atoms with van der Waals surface area (Å²) >= 11 is 0. The molecule has 1 aliphatic rings. The molecule has 6 nitrogen and oxygen atoms in total. The molecule has 7 heteroatoms. The van der Waals surface area contributed by atoms with Crippen molar-refractivity contribution in [2.24, 2.45) is 0 Å². The number of benzene rings is 2. The number of rotatable bonds is 6. The van der Waals surface area contributed by atoms with Crippen molar-refractivity contribution in [2.75, 3.05) is 18.9 Å². The Kier molecular flexibility index (Phi) is 6.58. The summed E-state index contributed by atoms with van der Waals surface area (Å²) in [7, 11) is 1.76. The highest BCUT2D eigenvalue weighted by Gasteiger charge is 2.24. The third kappa shape index (κ3) is 5.28. The summed E-state index contributed by atoms with van der Waals surface area (Å²) in [5.74, 6) is -0.228. The second-order valence-corrected chi connectivity index (χ2v) is 7.01. The Bertz CT molecular complexity index is 831. The molecule has 0 aromatic heterocycles. The topological polar surface area (TPSA) is 80.2 Å². The van der Waals surface area contributed by atoms with E-state index < -0.39 is 0 Å². The van der Waals surface area contributed by atoms with Gasteiger partial charge in [-0.05, 0) is 61.2 Å². The molecule has 1 saturated heterocycles. The molecule has 146 valence electrons. The van der Waals surface area contributed by atoms with Gasteiger partial charge >= 0.3 is 6.03 Å². The molecular formula is C21H24FN5O. The van der Waals surface area contributed by atoms with E-state index in [2.05, 4.69) is 16.2 Å². The molecule has 0 aliphatic carbocycles. The molecule has 2 unspecified atom stereocenters. The molecule has 2 amide bonds. The summed E-state index contributed by atoms with van der Waals surface area (Å²) in [6, 6.07) is 15.7. The summed E-state index contributed by atoms with van der Waals surface area (Å²) in [4.78, 5) is 13.9.